The van der Waals surface area contributed by atoms with E-state index in [1.54, 1.807) is 19.2 Å². The van der Waals surface area contributed by atoms with Gasteiger partial charge in [0, 0.05) is 19.6 Å². The Kier molecular flexibility index (Phi) is 7.07. The molecule has 0 aliphatic carbocycles. The number of hydrogen-bond donors (Lipinski definition) is 1. The van der Waals surface area contributed by atoms with Crippen LogP contribution in [-0.2, 0) is 20.8 Å². The first-order valence-corrected chi connectivity index (χ1v) is 9.50. The highest BCUT2D eigenvalue weighted by Gasteiger charge is 2.43. The van der Waals surface area contributed by atoms with Crippen molar-refractivity contribution in [2.45, 2.75) is 39.2 Å². The van der Waals surface area contributed by atoms with Gasteiger partial charge in [0.1, 0.15) is 5.92 Å². The van der Waals surface area contributed by atoms with Crippen molar-refractivity contribution in [1.29, 1.82) is 0 Å². The molecule has 1 aliphatic rings. The van der Waals surface area contributed by atoms with Crippen molar-refractivity contribution in [1.82, 2.24) is 10.2 Å². The maximum atomic E-state index is 12.4. The minimum atomic E-state index is -0.893. The van der Waals surface area contributed by atoms with Crippen molar-refractivity contribution in [2.24, 2.45) is 11.8 Å². The van der Waals surface area contributed by atoms with Gasteiger partial charge >= 0.3 is 0 Å². The van der Waals surface area contributed by atoms with Gasteiger partial charge in [0.15, 0.2) is 0 Å². The fourth-order valence-electron chi connectivity index (χ4n) is 3.25. The van der Waals surface area contributed by atoms with Gasteiger partial charge in [-0.05, 0) is 42.9 Å². The summed E-state index contributed by atoms with van der Waals surface area (Å²) in [6.07, 6.45) is 1.80. The Morgan fingerprint density at radius 1 is 1.27 bits per heavy atom. The summed E-state index contributed by atoms with van der Waals surface area (Å²) in [7, 11) is 1.62. The Bertz CT molecular complexity index is 706. The summed E-state index contributed by atoms with van der Waals surface area (Å²) < 4.78 is 0. The molecule has 5 nitrogen and oxygen atoms in total. The van der Waals surface area contributed by atoms with Crippen LogP contribution < -0.4 is 5.32 Å². The number of amides is 2. The summed E-state index contributed by atoms with van der Waals surface area (Å²) in [5.41, 5.74) is 1.03. The van der Waals surface area contributed by atoms with Gasteiger partial charge in [-0.1, -0.05) is 43.1 Å². The van der Waals surface area contributed by atoms with E-state index in [-0.39, 0.29) is 17.9 Å². The van der Waals surface area contributed by atoms with Crippen molar-refractivity contribution in [3.8, 4) is 0 Å². The molecule has 1 aromatic carbocycles. The van der Waals surface area contributed by atoms with E-state index < -0.39 is 17.6 Å². The molecular weight excluding hydrogens is 375 g/mol. The molecule has 142 valence electrons. The van der Waals surface area contributed by atoms with E-state index >= 15 is 0 Å². The van der Waals surface area contributed by atoms with E-state index in [0.717, 1.165) is 12.0 Å². The standard InChI is InChI=1S/C19H24Cl2N2O3/c1-11(2)16-10-13(17(24)19(26)23(16)3)18(25)22-8-4-5-12-6-7-14(20)15(21)9-12/h6-7,9,11,13,16H,4-5,8,10H2,1-3H3,(H,22,25). The molecule has 1 saturated heterocycles. The summed E-state index contributed by atoms with van der Waals surface area (Å²) in [4.78, 5) is 38.1. The lowest BCUT2D eigenvalue weighted by Crippen LogP contribution is -2.55. The summed E-state index contributed by atoms with van der Waals surface area (Å²) in [5, 5.41) is 3.80. The smallest absolute Gasteiger partial charge is 0.290 e. The molecule has 26 heavy (non-hydrogen) atoms. The average molecular weight is 399 g/mol. The van der Waals surface area contributed by atoms with Crippen LogP contribution in [0.3, 0.4) is 0 Å². The zero-order chi connectivity index (χ0) is 19.4. The number of nitrogens with one attached hydrogen (secondary N) is 1. The van der Waals surface area contributed by atoms with Crippen LogP contribution in [0.4, 0.5) is 0 Å². The molecule has 2 amide bonds. The second-order valence-corrected chi connectivity index (χ2v) is 7.84. The molecule has 1 fully saturated rings. The number of carbonyl (C=O) groups excluding carboxylic acids is 3. The molecule has 2 unspecified atom stereocenters. The van der Waals surface area contributed by atoms with Crippen LogP contribution in [0.1, 0.15) is 32.3 Å². The van der Waals surface area contributed by atoms with Gasteiger partial charge in [-0.2, -0.15) is 0 Å². The van der Waals surface area contributed by atoms with E-state index in [2.05, 4.69) is 5.32 Å². The molecule has 0 saturated carbocycles. The van der Waals surface area contributed by atoms with Crippen LogP contribution in [0.5, 0.6) is 0 Å². The molecular formula is C19H24Cl2N2O3. The molecule has 7 heteroatoms. The van der Waals surface area contributed by atoms with Crippen molar-refractivity contribution in [3.05, 3.63) is 33.8 Å². The molecule has 0 spiro atoms. The highest BCUT2D eigenvalue weighted by Crippen LogP contribution is 2.26. The number of nitrogens with zero attached hydrogens (tertiary/aromatic N) is 1. The summed E-state index contributed by atoms with van der Waals surface area (Å²) in [6.45, 7) is 4.39. The zero-order valence-corrected chi connectivity index (χ0v) is 16.7. The number of halogens is 2. The topological polar surface area (TPSA) is 66.5 Å². The maximum Gasteiger partial charge on any atom is 0.290 e. The second kappa shape index (κ2) is 8.87. The number of piperidine rings is 1. The zero-order valence-electron chi connectivity index (χ0n) is 15.2. The SMILES string of the molecule is CC(C)C1CC(C(=O)NCCCc2ccc(Cl)c(Cl)c2)C(=O)C(=O)N1C. The number of likely N-dealkylation sites (N-methyl/N-ethyl adjacent to an activating group) is 1. The lowest BCUT2D eigenvalue weighted by molar-refractivity contribution is -0.155. The highest BCUT2D eigenvalue weighted by atomic mass is 35.5. The Hall–Kier alpha value is -1.59. The average Bonchev–Trinajstić information content (AvgIpc) is 2.59. The molecule has 1 heterocycles. The third kappa shape index (κ3) is 4.77. The van der Waals surface area contributed by atoms with Gasteiger partial charge in [0.25, 0.3) is 5.91 Å². The monoisotopic (exact) mass is 398 g/mol. The van der Waals surface area contributed by atoms with Crippen molar-refractivity contribution in [2.75, 3.05) is 13.6 Å². The largest absolute Gasteiger partial charge is 0.355 e. The first kappa shape index (κ1) is 20.7. The molecule has 1 N–H and O–H groups in total. The fraction of sp³-hybridized carbons (Fsp3) is 0.526. The van der Waals surface area contributed by atoms with Gasteiger partial charge < -0.3 is 10.2 Å². The van der Waals surface area contributed by atoms with Crippen LogP contribution in [0.25, 0.3) is 0 Å². The van der Waals surface area contributed by atoms with Crippen LogP contribution in [0.15, 0.2) is 18.2 Å². The molecule has 1 aliphatic heterocycles. The van der Waals surface area contributed by atoms with Crippen molar-refractivity contribution >= 4 is 40.8 Å². The van der Waals surface area contributed by atoms with Crippen molar-refractivity contribution in [3.63, 3.8) is 0 Å². The third-order valence-electron chi connectivity index (χ3n) is 4.83. The quantitative estimate of drug-likeness (QED) is 0.454. The lowest BCUT2D eigenvalue weighted by atomic mass is 9.84. The number of ketones is 1. The van der Waals surface area contributed by atoms with Crippen LogP contribution in [0, 0.1) is 11.8 Å². The minimum absolute atomic E-state index is 0.104. The van der Waals surface area contributed by atoms with E-state index in [0.29, 0.717) is 29.4 Å². The molecule has 0 radical (unpaired) electrons. The summed E-state index contributed by atoms with van der Waals surface area (Å²) >= 11 is 11.9. The van der Waals surface area contributed by atoms with Gasteiger partial charge in [0.2, 0.25) is 11.7 Å². The van der Waals surface area contributed by atoms with Crippen LogP contribution >= 0.6 is 23.2 Å². The Morgan fingerprint density at radius 2 is 1.96 bits per heavy atom. The first-order chi connectivity index (χ1) is 12.2. The maximum absolute atomic E-state index is 12.4. The number of likely N-dealkylation sites (tertiary alicyclic amines) is 1. The molecule has 1 aromatic rings. The minimum Gasteiger partial charge on any atom is -0.355 e. The normalized spacial score (nSPS) is 20.6. The van der Waals surface area contributed by atoms with Crippen LogP contribution in [0.2, 0.25) is 10.0 Å². The third-order valence-corrected chi connectivity index (χ3v) is 5.57. The molecule has 0 aromatic heterocycles. The number of aryl methyl sites for hydroxylation is 1. The Morgan fingerprint density at radius 3 is 2.58 bits per heavy atom. The van der Waals surface area contributed by atoms with E-state index in [1.165, 1.54) is 4.90 Å². The van der Waals surface area contributed by atoms with Crippen molar-refractivity contribution < 1.29 is 14.4 Å². The van der Waals surface area contributed by atoms with Gasteiger partial charge in [-0.25, -0.2) is 0 Å². The Balaban J connectivity index is 1.87. The number of benzene rings is 1. The highest BCUT2D eigenvalue weighted by molar-refractivity contribution is 6.42. The molecule has 0 bridgehead atoms. The van der Waals surface area contributed by atoms with Gasteiger partial charge in [-0.15, -0.1) is 0 Å². The fourth-order valence-corrected chi connectivity index (χ4v) is 3.57. The second-order valence-electron chi connectivity index (χ2n) is 7.02. The first-order valence-electron chi connectivity index (χ1n) is 8.75. The predicted molar refractivity (Wildman–Crippen MR) is 102 cm³/mol. The predicted octanol–water partition coefficient (Wildman–Crippen LogP) is 3.11. The number of Topliss-reactive ketones (excluding diaryl/α,β-unsaturated/α-hetero) is 1. The number of carbonyl (C=O) groups is 3. The number of hydrogen-bond acceptors (Lipinski definition) is 3. The van der Waals surface area contributed by atoms with E-state index in [1.807, 2.05) is 19.9 Å². The Labute approximate surface area is 164 Å². The molecule has 2 rings (SSSR count). The van der Waals surface area contributed by atoms with Crippen LogP contribution in [-0.4, -0.2) is 42.1 Å². The summed E-state index contributed by atoms with van der Waals surface area (Å²) in [6, 6.07) is 5.33. The molecule has 2 atom stereocenters. The summed E-state index contributed by atoms with van der Waals surface area (Å²) in [5.74, 6) is -2.27. The lowest BCUT2D eigenvalue weighted by Gasteiger charge is -2.37. The van der Waals surface area contributed by atoms with Gasteiger partial charge in [-0.3, -0.25) is 14.4 Å². The van der Waals surface area contributed by atoms with E-state index in [9.17, 15) is 14.4 Å². The number of rotatable bonds is 6. The van der Waals surface area contributed by atoms with Gasteiger partial charge in [0.05, 0.1) is 10.0 Å². The van der Waals surface area contributed by atoms with E-state index in [4.69, 9.17) is 23.2 Å².